The van der Waals surface area contributed by atoms with Crippen molar-refractivity contribution in [1.29, 1.82) is 0 Å². The van der Waals surface area contributed by atoms with Crippen LogP contribution in [-0.2, 0) is 11.2 Å². The Labute approximate surface area is 115 Å². The van der Waals surface area contributed by atoms with Crippen molar-refractivity contribution in [1.82, 2.24) is 5.32 Å². The number of hydrogen-bond donors (Lipinski definition) is 1. The minimum atomic E-state index is 0.244. The Hall–Kier alpha value is -1.06. The smallest absolute Gasteiger partial charge is 0.124 e. The quantitative estimate of drug-likeness (QED) is 0.884. The fourth-order valence-corrected chi connectivity index (χ4v) is 3.00. The summed E-state index contributed by atoms with van der Waals surface area (Å²) in [5.74, 6) is 1.00. The lowest BCUT2D eigenvalue weighted by molar-refractivity contribution is 0.141. The summed E-state index contributed by atoms with van der Waals surface area (Å²) in [6.07, 6.45) is 4.82. The molecule has 0 radical (unpaired) electrons. The van der Waals surface area contributed by atoms with Crippen LogP contribution in [0.2, 0.25) is 0 Å². The second-order valence-electron chi connectivity index (χ2n) is 5.51. The maximum absolute atomic E-state index is 5.97. The first-order chi connectivity index (χ1) is 9.36. The van der Waals surface area contributed by atoms with Crippen molar-refractivity contribution in [2.45, 2.75) is 44.8 Å². The van der Waals surface area contributed by atoms with Crippen LogP contribution >= 0.6 is 0 Å². The van der Waals surface area contributed by atoms with Crippen molar-refractivity contribution in [3.8, 4) is 5.75 Å². The molecule has 2 atom stereocenters. The fourth-order valence-electron chi connectivity index (χ4n) is 3.00. The van der Waals surface area contributed by atoms with Gasteiger partial charge in [0.15, 0.2) is 0 Å². The molecular weight excluding hydrogens is 238 g/mol. The monoisotopic (exact) mass is 261 g/mol. The van der Waals surface area contributed by atoms with Crippen LogP contribution < -0.4 is 10.1 Å². The number of hydrogen-bond acceptors (Lipinski definition) is 3. The summed E-state index contributed by atoms with van der Waals surface area (Å²) in [4.78, 5) is 0. The van der Waals surface area contributed by atoms with Gasteiger partial charge in [-0.25, -0.2) is 0 Å². The standard InChI is InChI=1S/C16H23NO2/c1-2-8-17-16-6-3-12-10-13(4-5-15(12)16)19-14-7-9-18-11-14/h4-5,10,14,16-17H,2-3,6-9,11H2,1H3. The van der Waals surface area contributed by atoms with E-state index in [4.69, 9.17) is 9.47 Å². The predicted molar refractivity (Wildman–Crippen MR) is 75.6 cm³/mol. The van der Waals surface area contributed by atoms with E-state index in [1.807, 2.05) is 0 Å². The highest BCUT2D eigenvalue weighted by molar-refractivity contribution is 5.40. The maximum Gasteiger partial charge on any atom is 0.124 e. The van der Waals surface area contributed by atoms with Crippen LogP contribution in [0, 0.1) is 0 Å². The molecule has 2 aliphatic rings. The Bertz CT molecular complexity index is 427. The molecular formula is C16H23NO2. The van der Waals surface area contributed by atoms with Crippen molar-refractivity contribution in [2.75, 3.05) is 19.8 Å². The summed E-state index contributed by atoms with van der Waals surface area (Å²) in [7, 11) is 0. The number of nitrogens with one attached hydrogen (secondary N) is 1. The Morgan fingerprint density at radius 2 is 2.32 bits per heavy atom. The lowest BCUT2D eigenvalue weighted by atomic mass is 10.1. The average molecular weight is 261 g/mol. The van der Waals surface area contributed by atoms with Gasteiger partial charge in [0.25, 0.3) is 0 Å². The fraction of sp³-hybridized carbons (Fsp3) is 0.625. The van der Waals surface area contributed by atoms with Crippen molar-refractivity contribution in [2.24, 2.45) is 0 Å². The first-order valence-corrected chi connectivity index (χ1v) is 7.47. The van der Waals surface area contributed by atoms with Crippen molar-refractivity contribution >= 4 is 0 Å². The Balaban J connectivity index is 1.67. The highest BCUT2D eigenvalue weighted by Gasteiger charge is 2.23. The molecule has 1 N–H and O–H groups in total. The lowest BCUT2D eigenvalue weighted by Crippen LogP contribution is -2.19. The van der Waals surface area contributed by atoms with E-state index in [0.29, 0.717) is 6.04 Å². The van der Waals surface area contributed by atoms with E-state index in [2.05, 4.69) is 30.4 Å². The molecule has 2 unspecified atom stereocenters. The minimum absolute atomic E-state index is 0.244. The van der Waals surface area contributed by atoms with Gasteiger partial charge >= 0.3 is 0 Å². The molecule has 1 heterocycles. The van der Waals surface area contributed by atoms with Gasteiger partial charge in [-0.1, -0.05) is 13.0 Å². The Morgan fingerprint density at radius 3 is 3.11 bits per heavy atom. The number of benzene rings is 1. The van der Waals surface area contributed by atoms with Gasteiger partial charge < -0.3 is 14.8 Å². The van der Waals surface area contributed by atoms with E-state index in [1.165, 1.54) is 24.0 Å². The van der Waals surface area contributed by atoms with E-state index in [0.717, 1.165) is 38.3 Å². The van der Waals surface area contributed by atoms with E-state index >= 15 is 0 Å². The normalized spacial score (nSPS) is 25.5. The molecule has 3 rings (SSSR count). The molecule has 0 bridgehead atoms. The summed E-state index contributed by atoms with van der Waals surface area (Å²) in [5.41, 5.74) is 2.91. The highest BCUT2D eigenvalue weighted by Crippen LogP contribution is 2.34. The third-order valence-corrected chi connectivity index (χ3v) is 4.02. The molecule has 0 aromatic heterocycles. The average Bonchev–Trinajstić information content (AvgIpc) is 3.06. The first kappa shape index (κ1) is 12.9. The third-order valence-electron chi connectivity index (χ3n) is 4.02. The van der Waals surface area contributed by atoms with Gasteiger partial charge in [0.2, 0.25) is 0 Å². The topological polar surface area (TPSA) is 30.5 Å². The van der Waals surface area contributed by atoms with E-state index in [1.54, 1.807) is 0 Å². The van der Waals surface area contributed by atoms with E-state index < -0.39 is 0 Å². The molecule has 19 heavy (non-hydrogen) atoms. The second kappa shape index (κ2) is 5.93. The molecule has 3 heteroatoms. The number of rotatable bonds is 5. The van der Waals surface area contributed by atoms with Crippen LogP contribution in [-0.4, -0.2) is 25.9 Å². The zero-order chi connectivity index (χ0) is 13.1. The van der Waals surface area contributed by atoms with Crippen LogP contribution in [0.25, 0.3) is 0 Å². The zero-order valence-corrected chi connectivity index (χ0v) is 11.7. The van der Waals surface area contributed by atoms with Crippen LogP contribution in [0.3, 0.4) is 0 Å². The van der Waals surface area contributed by atoms with Gasteiger partial charge in [-0.05, 0) is 49.1 Å². The van der Waals surface area contributed by atoms with E-state index in [-0.39, 0.29) is 6.10 Å². The van der Waals surface area contributed by atoms with Crippen LogP contribution in [0.4, 0.5) is 0 Å². The van der Waals surface area contributed by atoms with Gasteiger partial charge in [0, 0.05) is 12.5 Å². The van der Waals surface area contributed by atoms with E-state index in [9.17, 15) is 0 Å². The SMILES string of the molecule is CCCNC1CCc2cc(OC3CCOC3)ccc21. The molecule has 3 nitrogen and oxygen atoms in total. The molecule has 1 aromatic carbocycles. The summed E-state index contributed by atoms with van der Waals surface area (Å²) < 4.78 is 11.3. The minimum Gasteiger partial charge on any atom is -0.488 e. The number of fused-ring (bicyclic) bond motifs is 1. The van der Waals surface area contributed by atoms with Crippen LogP contribution in [0.1, 0.15) is 43.4 Å². The largest absolute Gasteiger partial charge is 0.488 e. The molecule has 1 saturated heterocycles. The first-order valence-electron chi connectivity index (χ1n) is 7.47. The van der Waals surface area contributed by atoms with Gasteiger partial charge in [-0.15, -0.1) is 0 Å². The van der Waals surface area contributed by atoms with Crippen molar-refractivity contribution in [3.05, 3.63) is 29.3 Å². The molecule has 0 amide bonds. The number of ether oxygens (including phenoxy) is 2. The summed E-state index contributed by atoms with van der Waals surface area (Å²) in [6.45, 7) is 4.88. The molecule has 1 aliphatic carbocycles. The Kier molecular flexibility index (Phi) is 4.04. The van der Waals surface area contributed by atoms with Crippen molar-refractivity contribution in [3.63, 3.8) is 0 Å². The van der Waals surface area contributed by atoms with Gasteiger partial charge in [0.1, 0.15) is 11.9 Å². The molecule has 1 fully saturated rings. The summed E-state index contributed by atoms with van der Waals surface area (Å²) in [5, 5.41) is 3.62. The Morgan fingerprint density at radius 1 is 1.37 bits per heavy atom. The highest BCUT2D eigenvalue weighted by atomic mass is 16.5. The summed E-state index contributed by atoms with van der Waals surface area (Å²) >= 11 is 0. The predicted octanol–water partition coefficient (Wildman–Crippen LogP) is 2.84. The number of aryl methyl sites for hydroxylation is 1. The zero-order valence-electron chi connectivity index (χ0n) is 11.7. The van der Waals surface area contributed by atoms with Crippen LogP contribution in [0.5, 0.6) is 5.75 Å². The molecule has 0 spiro atoms. The van der Waals surface area contributed by atoms with Crippen LogP contribution in [0.15, 0.2) is 18.2 Å². The molecule has 104 valence electrons. The van der Waals surface area contributed by atoms with Crippen molar-refractivity contribution < 1.29 is 9.47 Å². The molecule has 1 aromatic rings. The van der Waals surface area contributed by atoms with Gasteiger partial charge in [-0.2, -0.15) is 0 Å². The molecule has 1 aliphatic heterocycles. The summed E-state index contributed by atoms with van der Waals surface area (Å²) in [6, 6.07) is 7.12. The third kappa shape index (κ3) is 2.93. The second-order valence-corrected chi connectivity index (χ2v) is 5.51. The maximum atomic E-state index is 5.97. The van der Waals surface area contributed by atoms with Gasteiger partial charge in [-0.3, -0.25) is 0 Å². The lowest BCUT2D eigenvalue weighted by Gasteiger charge is -2.15. The molecule has 0 saturated carbocycles. The van der Waals surface area contributed by atoms with Gasteiger partial charge in [0.05, 0.1) is 13.2 Å².